The van der Waals surface area contributed by atoms with Gasteiger partial charge in [-0.1, -0.05) is 18.2 Å². The summed E-state index contributed by atoms with van der Waals surface area (Å²) in [6.45, 7) is 1.83. The van der Waals surface area contributed by atoms with Crippen LogP contribution in [0, 0.1) is 17.1 Å². The Morgan fingerprint density at radius 3 is 2.76 bits per heavy atom. The Bertz CT molecular complexity index is 438. The fourth-order valence-electron chi connectivity index (χ4n) is 2.56. The number of likely N-dealkylation sites (tertiary alicyclic amines) is 1. The van der Waals surface area contributed by atoms with Crippen LogP contribution < -0.4 is 0 Å². The Kier molecular flexibility index (Phi) is 3.44. The van der Waals surface area contributed by atoms with Crippen LogP contribution in [-0.2, 0) is 5.41 Å². The Hall–Kier alpha value is -1.40. The summed E-state index contributed by atoms with van der Waals surface area (Å²) in [5, 5.41) is 9.50. The molecule has 2 rings (SSSR count). The minimum absolute atomic E-state index is 0.251. The minimum Gasteiger partial charge on any atom is -0.306 e. The summed E-state index contributed by atoms with van der Waals surface area (Å²) >= 11 is 0. The van der Waals surface area contributed by atoms with Crippen LogP contribution in [-0.4, -0.2) is 25.0 Å². The smallest absolute Gasteiger partial charge is 0.128 e. The van der Waals surface area contributed by atoms with Gasteiger partial charge in [0, 0.05) is 5.56 Å². The highest BCUT2D eigenvalue weighted by Gasteiger charge is 2.35. The van der Waals surface area contributed by atoms with Crippen molar-refractivity contribution >= 4 is 0 Å². The van der Waals surface area contributed by atoms with Gasteiger partial charge in [-0.25, -0.2) is 4.39 Å². The Labute approximate surface area is 102 Å². The van der Waals surface area contributed by atoms with E-state index >= 15 is 0 Å². The average Bonchev–Trinajstić information content (AvgIpc) is 2.53. The lowest BCUT2D eigenvalue weighted by Gasteiger charge is -2.25. The van der Waals surface area contributed by atoms with Crippen LogP contribution >= 0.6 is 0 Å². The molecule has 1 unspecified atom stereocenters. The molecule has 0 aromatic heterocycles. The van der Waals surface area contributed by atoms with Gasteiger partial charge in [0.1, 0.15) is 5.82 Å². The number of benzene rings is 1. The van der Waals surface area contributed by atoms with Crippen LogP contribution in [0.15, 0.2) is 24.3 Å². The van der Waals surface area contributed by atoms with Crippen molar-refractivity contribution in [2.75, 3.05) is 20.1 Å². The lowest BCUT2D eigenvalue weighted by Crippen LogP contribution is -2.27. The summed E-state index contributed by atoms with van der Waals surface area (Å²) in [5.74, 6) is -0.251. The zero-order chi connectivity index (χ0) is 12.3. The molecule has 90 valence electrons. The van der Waals surface area contributed by atoms with Gasteiger partial charge in [-0.2, -0.15) is 5.26 Å². The first-order valence-corrected chi connectivity index (χ1v) is 6.03. The molecule has 3 heteroatoms. The third-order valence-corrected chi connectivity index (χ3v) is 3.67. The highest BCUT2D eigenvalue weighted by atomic mass is 19.1. The van der Waals surface area contributed by atoms with Gasteiger partial charge in [-0.15, -0.1) is 0 Å². The second kappa shape index (κ2) is 4.85. The van der Waals surface area contributed by atoms with E-state index < -0.39 is 5.41 Å². The highest BCUT2D eigenvalue weighted by molar-refractivity contribution is 5.34. The quantitative estimate of drug-likeness (QED) is 0.744. The molecule has 1 aromatic rings. The number of nitriles is 1. The van der Waals surface area contributed by atoms with Crippen molar-refractivity contribution in [1.29, 1.82) is 5.26 Å². The van der Waals surface area contributed by atoms with Crippen molar-refractivity contribution in [3.63, 3.8) is 0 Å². The number of rotatable bonds is 1. The first kappa shape index (κ1) is 12.1. The SMILES string of the molecule is CN1CCCC(C#N)(c2ccccc2F)CC1. The lowest BCUT2D eigenvalue weighted by molar-refractivity contribution is 0.341. The molecule has 0 saturated carbocycles. The maximum Gasteiger partial charge on any atom is 0.128 e. The number of nitrogens with zero attached hydrogens (tertiary/aromatic N) is 2. The molecule has 1 aliphatic heterocycles. The van der Waals surface area contributed by atoms with Gasteiger partial charge in [0.2, 0.25) is 0 Å². The van der Waals surface area contributed by atoms with E-state index in [1.807, 2.05) is 6.07 Å². The van der Waals surface area contributed by atoms with E-state index in [1.54, 1.807) is 12.1 Å². The Balaban J connectivity index is 2.38. The first-order valence-electron chi connectivity index (χ1n) is 6.03. The minimum atomic E-state index is -0.643. The van der Waals surface area contributed by atoms with Crippen molar-refractivity contribution in [2.45, 2.75) is 24.7 Å². The maximum absolute atomic E-state index is 13.9. The number of halogens is 1. The zero-order valence-corrected chi connectivity index (χ0v) is 10.1. The summed E-state index contributed by atoms with van der Waals surface area (Å²) in [6, 6.07) is 9.05. The van der Waals surface area contributed by atoms with Gasteiger partial charge < -0.3 is 4.90 Å². The summed E-state index contributed by atoms with van der Waals surface area (Å²) < 4.78 is 13.9. The fourth-order valence-corrected chi connectivity index (χ4v) is 2.56. The Morgan fingerprint density at radius 2 is 2.06 bits per heavy atom. The van der Waals surface area contributed by atoms with Crippen LogP contribution in [0.2, 0.25) is 0 Å². The molecule has 0 amide bonds. The van der Waals surface area contributed by atoms with E-state index in [2.05, 4.69) is 18.0 Å². The molecular formula is C14H17FN2. The van der Waals surface area contributed by atoms with E-state index in [1.165, 1.54) is 6.07 Å². The number of hydrogen-bond donors (Lipinski definition) is 0. The van der Waals surface area contributed by atoms with Gasteiger partial charge >= 0.3 is 0 Å². The molecule has 17 heavy (non-hydrogen) atoms. The molecule has 1 heterocycles. The molecular weight excluding hydrogens is 215 g/mol. The predicted molar refractivity (Wildman–Crippen MR) is 65.0 cm³/mol. The van der Waals surface area contributed by atoms with E-state index in [9.17, 15) is 9.65 Å². The van der Waals surface area contributed by atoms with Gasteiger partial charge in [0.25, 0.3) is 0 Å². The van der Waals surface area contributed by atoms with E-state index in [-0.39, 0.29) is 5.82 Å². The molecule has 1 fully saturated rings. The summed E-state index contributed by atoms with van der Waals surface area (Å²) in [4.78, 5) is 2.21. The van der Waals surface area contributed by atoms with Crippen molar-refractivity contribution in [3.8, 4) is 6.07 Å². The third-order valence-electron chi connectivity index (χ3n) is 3.67. The van der Waals surface area contributed by atoms with Crippen molar-refractivity contribution < 1.29 is 4.39 Å². The zero-order valence-electron chi connectivity index (χ0n) is 10.1. The summed E-state index contributed by atoms with van der Waals surface area (Å²) in [5.41, 5.74) is -0.0753. The topological polar surface area (TPSA) is 27.0 Å². The number of hydrogen-bond acceptors (Lipinski definition) is 2. The summed E-state index contributed by atoms with van der Waals surface area (Å²) in [7, 11) is 2.05. The van der Waals surface area contributed by atoms with Gasteiger partial charge in [-0.3, -0.25) is 0 Å². The van der Waals surface area contributed by atoms with Crippen molar-refractivity contribution in [2.24, 2.45) is 0 Å². The molecule has 1 aliphatic rings. The normalized spacial score (nSPS) is 26.2. The monoisotopic (exact) mass is 232 g/mol. The van der Waals surface area contributed by atoms with Crippen molar-refractivity contribution in [3.05, 3.63) is 35.6 Å². The van der Waals surface area contributed by atoms with Gasteiger partial charge in [0.05, 0.1) is 11.5 Å². The van der Waals surface area contributed by atoms with Crippen LogP contribution in [0.25, 0.3) is 0 Å². The first-order chi connectivity index (χ1) is 8.18. The van der Waals surface area contributed by atoms with Crippen LogP contribution in [0.5, 0.6) is 0 Å². The van der Waals surface area contributed by atoms with E-state index in [0.29, 0.717) is 12.0 Å². The molecule has 1 aromatic carbocycles. The fraction of sp³-hybridized carbons (Fsp3) is 0.500. The molecule has 1 atom stereocenters. The molecule has 0 aliphatic carbocycles. The van der Waals surface area contributed by atoms with Gasteiger partial charge in [-0.05, 0) is 45.5 Å². The highest BCUT2D eigenvalue weighted by Crippen LogP contribution is 2.36. The largest absolute Gasteiger partial charge is 0.306 e. The van der Waals surface area contributed by atoms with Gasteiger partial charge in [0.15, 0.2) is 0 Å². The average molecular weight is 232 g/mol. The summed E-state index contributed by atoms with van der Waals surface area (Å²) in [6.07, 6.45) is 2.40. The van der Waals surface area contributed by atoms with Crippen LogP contribution in [0.1, 0.15) is 24.8 Å². The lowest BCUT2D eigenvalue weighted by atomic mass is 9.75. The van der Waals surface area contributed by atoms with E-state index in [0.717, 1.165) is 25.9 Å². The molecule has 0 spiro atoms. The Morgan fingerprint density at radius 1 is 1.29 bits per heavy atom. The van der Waals surface area contributed by atoms with Crippen LogP contribution in [0.4, 0.5) is 4.39 Å². The molecule has 0 radical (unpaired) electrons. The molecule has 0 N–H and O–H groups in total. The molecule has 1 saturated heterocycles. The second-order valence-electron chi connectivity index (χ2n) is 4.83. The second-order valence-corrected chi connectivity index (χ2v) is 4.83. The molecule has 2 nitrogen and oxygen atoms in total. The predicted octanol–water partition coefficient (Wildman–Crippen LogP) is 2.70. The maximum atomic E-state index is 13.9. The van der Waals surface area contributed by atoms with E-state index in [4.69, 9.17) is 0 Å². The molecule has 0 bridgehead atoms. The van der Waals surface area contributed by atoms with Crippen molar-refractivity contribution in [1.82, 2.24) is 4.90 Å². The standard InChI is InChI=1S/C14H17FN2/c1-17-9-4-7-14(11-16,8-10-17)12-5-2-3-6-13(12)15/h2-3,5-6H,4,7-10H2,1H3. The third kappa shape index (κ3) is 2.32. The van der Waals surface area contributed by atoms with Crippen LogP contribution in [0.3, 0.4) is 0 Å².